The van der Waals surface area contributed by atoms with Crippen LogP contribution in [0.2, 0.25) is 0 Å². The van der Waals surface area contributed by atoms with E-state index in [0.717, 1.165) is 6.42 Å². The molecule has 0 bridgehead atoms. The fourth-order valence-corrected chi connectivity index (χ4v) is 1.39. The zero-order valence-corrected chi connectivity index (χ0v) is 7.78. The molecule has 1 heteroatoms. The Morgan fingerprint density at radius 1 is 1.27 bits per heavy atom. The van der Waals surface area contributed by atoms with E-state index in [1.165, 1.54) is 16.7 Å². The maximum Gasteiger partial charge on any atom is 0.0264 e. The Morgan fingerprint density at radius 2 is 2.00 bits per heavy atom. The first-order chi connectivity index (χ1) is 5.25. The molecule has 0 N–H and O–H groups in total. The van der Waals surface area contributed by atoms with E-state index < -0.39 is 0 Å². The molecule has 1 aromatic rings. The lowest BCUT2D eigenvalue weighted by atomic mass is 10.0. The Hall–Kier alpha value is -0.490. The number of halogens is 1. The predicted molar refractivity (Wildman–Crippen MR) is 50.3 cm³/mol. The van der Waals surface area contributed by atoms with Crippen LogP contribution >= 0.6 is 11.6 Å². The van der Waals surface area contributed by atoms with E-state index in [0.29, 0.717) is 5.88 Å². The van der Waals surface area contributed by atoms with Gasteiger partial charge in [-0.3, -0.25) is 0 Å². The first-order valence-electron chi connectivity index (χ1n) is 3.86. The molecule has 0 unspecified atom stereocenters. The third-order valence-electron chi connectivity index (χ3n) is 2.08. The van der Waals surface area contributed by atoms with Crippen LogP contribution in [0.5, 0.6) is 0 Å². The van der Waals surface area contributed by atoms with Crippen molar-refractivity contribution >= 4 is 11.6 Å². The quantitative estimate of drug-likeness (QED) is 0.596. The van der Waals surface area contributed by atoms with Gasteiger partial charge in [0.25, 0.3) is 0 Å². The van der Waals surface area contributed by atoms with Gasteiger partial charge in [0.15, 0.2) is 0 Å². The molecular formula is C10H13Cl. The Morgan fingerprint density at radius 3 is 2.64 bits per heavy atom. The minimum absolute atomic E-state index is 0.713. The van der Waals surface area contributed by atoms with Gasteiger partial charge in [-0.1, -0.05) is 18.2 Å². The lowest BCUT2D eigenvalue weighted by molar-refractivity contribution is 1.10. The van der Waals surface area contributed by atoms with Crippen LogP contribution in [0.3, 0.4) is 0 Å². The van der Waals surface area contributed by atoms with Gasteiger partial charge in [0.05, 0.1) is 0 Å². The van der Waals surface area contributed by atoms with Gasteiger partial charge < -0.3 is 0 Å². The highest BCUT2D eigenvalue weighted by molar-refractivity contribution is 6.18. The normalized spacial score (nSPS) is 10.1. The van der Waals surface area contributed by atoms with Gasteiger partial charge in [-0.25, -0.2) is 0 Å². The summed E-state index contributed by atoms with van der Waals surface area (Å²) < 4.78 is 0. The number of alkyl halides is 1. The molecule has 1 aromatic carbocycles. The largest absolute Gasteiger partial charge is 0.126 e. The van der Waals surface area contributed by atoms with E-state index in [4.69, 9.17) is 11.6 Å². The van der Waals surface area contributed by atoms with Gasteiger partial charge in [-0.05, 0) is 37.0 Å². The SMILES string of the molecule is Cc1cccc(CCCl)c1C. The zero-order valence-electron chi connectivity index (χ0n) is 7.02. The lowest BCUT2D eigenvalue weighted by Gasteiger charge is -2.05. The van der Waals surface area contributed by atoms with Crippen molar-refractivity contribution in [3.05, 3.63) is 34.9 Å². The predicted octanol–water partition coefficient (Wildman–Crippen LogP) is 3.08. The van der Waals surface area contributed by atoms with E-state index >= 15 is 0 Å². The highest BCUT2D eigenvalue weighted by Gasteiger charge is 1.98. The summed E-state index contributed by atoms with van der Waals surface area (Å²) >= 11 is 5.66. The molecule has 0 aliphatic heterocycles. The molecule has 0 heterocycles. The summed E-state index contributed by atoms with van der Waals surface area (Å²) in [6, 6.07) is 6.36. The molecule has 0 nitrogen and oxygen atoms in total. The molecular weight excluding hydrogens is 156 g/mol. The van der Waals surface area contributed by atoms with Crippen molar-refractivity contribution in [3.8, 4) is 0 Å². The Kier molecular flexibility index (Phi) is 2.95. The van der Waals surface area contributed by atoms with E-state index in [1.807, 2.05) is 0 Å². The molecule has 0 saturated carbocycles. The van der Waals surface area contributed by atoms with Crippen molar-refractivity contribution in [1.29, 1.82) is 0 Å². The Bertz CT molecular complexity index is 241. The topological polar surface area (TPSA) is 0 Å². The smallest absolute Gasteiger partial charge is 0.0264 e. The third kappa shape index (κ3) is 1.97. The fourth-order valence-electron chi connectivity index (χ4n) is 1.18. The maximum atomic E-state index is 5.66. The van der Waals surface area contributed by atoms with E-state index in [2.05, 4.69) is 32.0 Å². The Labute approximate surface area is 73.2 Å². The standard InChI is InChI=1S/C10H13Cl/c1-8-4-3-5-10(6-7-11)9(8)2/h3-5H,6-7H2,1-2H3. The molecule has 0 aromatic heterocycles. The molecule has 0 fully saturated rings. The van der Waals surface area contributed by atoms with Crippen molar-refractivity contribution in [2.24, 2.45) is 0 Å². The lowest BCUT2D eigenvalue weighted by Crippen LogP contribution is -1.92. The van der Waals surface area contributed by atoms with E-state index in [-0.39, 0.29) is 0 Å². The summed E-state index contributed by atoms with van der Waals surface area (Å²) in [7, 11) is 0. The number of rotatable bonds is 2. The van der Waals surface area contributed by atoms with Crippen molar-refractivity contribution < 1.29 is 0 Å². The molecule has 0 radical (unpaired) electrons. The highest BCUT2D eigenvalue weighted by Crippen LogP contribution is 2.13. The Balaban J connectivity index is 2.96. The second-order valence-electron chi connectivity index (χ2n) is 2.80. The summed E-state index contributed by atoms with van der Waals surface area (Å²) in [5.41, 5.74) is 4.11. The van der Waals surface area contributed by atoms with Crippen molar-refractivity contribution in [2.75, 3.05) is 5.88 Å². The van der Waals surface area contributed by atoms with E-state index in [1.54, 1.807) is 0 Å². The second kappa shape index (κ2) is 3.77. The summed E-state index contributed by atoms with van der Waals surface area (Å²) in [4.78, 5) is 0. The molecule has 0 saturated heterocycles. The van der Waals surface area contributed by atoms with Gasteiger partial charge >= 0.3 is 0 Å². The van der Waals surface area contributed by atoms with Crippen LogP contribution in [0, 0.1) is 13.8 Å². The first kappa shape index (κ1) is 8.61. The number of hydrogen-bond donors (Lipinski definition) is 0. The molecule has 0 spiro atoms. The average Bonchev–Trinajstić information content (AvgIpc) is 1.99. The molecule has 0 aliphatic carbocycles. The zero-order chi connectivity index (χ0) is 8.27. The highest BCUT2D eigenvalue weighted by atomic mass is 35.5. The number of aryl methyl sites for hydroxylation is 2. The summed E-state index contributed by atoms with van der Waals surface area (Å²) in [6.07, 6.45) is 0.981. The summed E-state index contributed by atoms with van der Waals surface area (Å²) in [5, 5.41) is 0. The van der Waals surface area contributed by atoms with Crippen LogP contribution in [0.4, 0.5) is 0 Å². The van der Waals surface area contributed by atoms with Crippen LogP contribution < -0.4 is 0 Å². The van der Waals surface area contributed by atoms with Gasteiger partial charge in [-0.2, -0.15) is 0 Å². The van der Waals surface area contributed by atoms with Crippen molar-refractivity contribution in [2.45, 2.75) is 20.3 Å². The van der Waals surface area contributed by atoms with Crippen LogP contribution in [-0.2, 0) is 6.42 Å². The van der Waals surface area contributed by atoms with Gasteiger partial charge in [0.2, 0.25) is 0 Å². The minimum atomic E-state index is 0.713. The number of hydrogen-bond acceptors (Lipinski definition) is 0. The number of benzene rings is 1. The summed E-state index contributed by atoms with van der Waals surface area (Å²) in [5.74, 6) is 0.713. The van der Waals surface area contributed by atoms with Crippen LogP contribution in [0.15, 0.2) is 18.2 Å². The van der Waals surface area contributed by atoms with E-state index in [9.17, 15) is 0 Å². The van der Waals surface area contributed by atoms with Crippen LogP contribution in [0.1, 0.15) is 16.7 Å². The van der Waals surface area contributed by atoms with Crippen molar-refractivity contribution in [3.63, 3.8) is 0 Å². The average molecular weight is 169 g/mol. The third-order valence-corrected chi connectivity index (χ3v) is 2.27. The minimum Gasteiger partial charge on any atom is -0.126 e. The van der Waals surface area contributed by atoms with Gasteiger partial charge in [0, 0.05) is 5.88 Å². The molecule has 0 atom stereocenters. The van der Waals surface area contributed by atoms with Crippen LogP contribution in [-0.4, -0.2) is 5.88 Å². The fraction of sp³-hybridized carbons (Fsp3) is 0.400. The molecule has 0 amide bonds. The monoisotopic (exact) mass is 168 g/mol. The molecule has 11 heavy (non-hydrogen) atoms. The maximum absolute atomic E-state index is 5.66. The van der Waals surface area contributed by atoms with Gasteiger partial charge in [0.1, 0.15) is 0 Å². The second-order valence-corrected chi connectivity index (χ2v) is 3.18. The molecule has 60 valence electrons. The summed E-state index contributed by atoms with van der Waals surface area (Å²) in [6.45, 7) is 4.28. The van der Waals surface area contributed by atoms with Crippen molar-refractivity contribution in [1.82, 2.24) is 0 Å². The molecule has 0 aliphatic rings. The molecule has 1 rings (SSSR count). The first-order valence-corrected chi connectivity index (χ1v) is 4.40. The van der Waals surface area contributed by atoms with Crippen LogP contribution in [0.25, 0.3) is 0 Å². The van der Waals surface area contributed by atoms with Gasteiger partial charge in [-0.15, -0.1) is 11.6 Å².